The Hall–Kier alpha value is -4.34. The third-order valence-corrected chi connectivity index (χ3v) is 7.30. The van der Waals surface area contributed by atoms with E-state index in [0.29, 0.717) is 60.3 Å². The Morgan fingerprint density at radius 3 is 2.36 bits per heavy atom. The number of carbonyl (C=O) groups excluding carboxylic acids is 2. The van der Waals surface area contributed by atoms with Crippen molar-refractivity contribution in [3.63, 3.8) is 0 Å². The second-order valence-corrected chi connectivity index (χ2v) is 9.52. The number of hydrogen-bond donors (Lipinski definition) is 2. The maximum atomic E-state index is 13.0. The van der Waals surface area contributed by atoms with E-state index in [0.717, 1.165) is 0 Å². The molecule has 1 heterocycles. The molecule has 2 aliphatic rings. The van der Waals surface area contributed by atoms with Crippen LogP contribution in [0.15, 0.2) is 53.6 Å². The standard InChI is InChI=1S/C29H31NO9/c1-4-7-24-29(21-11-6-10-20(21)28(36)38-3,39-19-9-5-8-18(14-19)27(35)37-2)22-13-12-17(26(33)34)15-23(22)30(24)16-25(31)32/h5,8-9,12-15,24H,4,6-7,10-11,16H2,1-3H3,(H,31,32)(H,33,34). The molecule has 1 aliphatic heterocycles. The van der Waals surface area contributed by atoms with E-state index >= 15 is 0 Å². The Morgan fingerprint density at radius 2 is 1.72 bits per heavy atom. The number of fused-ring (bicyclic) bond motifs is 1. The minimum atomic E-state index is -1.35. The Kier molecular flexibility index (Phi) is 7.94. The Bertz CT molecular complexity index is 1350. The van der Waals surface area contributed by atoms with Gasteiger partial charge in [0.2, 0.25) is 0 Å². The van der Waals surface area contributed by atoms with E-state index in [-0.39, 0.29) is 11.1 Å². The molecule has 0 aromatic heterocycles. The number of ether oxygens (including phenoxy) is 3. The SMILES string of the molecule is CCCC1N(CC(=O)O)c2cc(C(=O)O)ccc2C1(Oc1cccc(C(=O)OC)c1)C1=C(C(=O)OC)CCC1. The zero-order valence-corrected chi connectivity index (χ0v) is 22.1. The molecule has 2 unspecified atom stereocenters. The average Bonchev–Trinajstić information content (AvgIpc) is 3.51. The molecule has 0 saturated heterocycles. The van der Waals surface area contributed by atoms with Crippen molar-refractivity contribution in [2.45, 2.75) is 50.7 Å². The van der Waals surface area contributed by atoms with Crippen LogP contribution < -0.4 is 9.64 Å². The van der Waals surface area contributed by atoms with Crippen LogP contribution in [0.4, 0.5) is 5.69 Å². The summed E-state index contributed by atoms with van der Waals surface area (Å²) >= 11 is 0. The summed E-state index contributed by atoms with van der Waals surface area (Å²) in [5, 5.41) is 19.6. The number of carbonyl (C=O) groups is 4. The van der Waals surface area contributed by atoms with Crippen LogP contribution in [0.2, 0.25) is 0 Å². The zero-order valence-electron chi connectivity index (χ0n) is 22.1. The molecule has 4 rings (SSSR count). The minimum absolute atomic E-state index is 0.00327. The number of carboxylic acid groups (broad SMARTS) is 2. The molecule has 0 amide bonds. The van der Waals surface area contributed by atoms with Crippen molar-refractivity contribution < 1.29 is 43.6 Å². The van der Waals surface area contributed by atoms with Gasteiger partial charge in [-0.1, -0.05) is 25.5 Å². The van der Waals surface area contributed by atoms with Crippen molar-refractivity contribution in [2.75, 3.05) is 25.7 Å². The first-order valence-corrected chi connectivity index (χ1v) is 12.7. The highest BCUT2D eigenvalue weighted by Crippen LogP contribution is 2.55. The number of hydrogen-bond acceptors (Lipinski definition) is 8. The lowest BCUT2D eigenvalue weighted by Gasteiger charge is -2.41. The summed E-state index contributed by atoms with van der Waals surface area (Å²) in [5.74, 6) is -2.99. The zero-order chi connectivity index (χ0) is 28.3. The molecule has 2 aromatic rings. The van der Waals surface area contributed by atoms with Crippen molar-refractivity contribution >= 4 is 29.6 Å². The normalized spacial score (nSPS) is 20.0. The maximum Gasteiger partial charge on any atom is 0.337 e. The summed E-state index contributed by atoms with van der Waals surface area (Å²) in [6.07, 6.45) is 2.72. The molecule has 2 aromatic carbocycles. The Morgan fingerprint density at radius 1 is 0.974 bits per heavy atom. The molecule has 0 saturated carbocycles. The van der Waals surface area contributed by atoms with Crippen LogP contribution in [0.25, 0.3) is 0 Å². The molecular formula is C29H31NO9. The molecule has 2 N–H and O–H groups in total. The molecule has 0 spiro atoms. The maximum absolute atomic E-state index is 13.0. The molecule has 0 radical (unpaired) electrons. The number of esters is 2. The predicted octanol–water partition coefficient (Wildman–Crippen LogP) is 4.17. The topological polar surface area (TPSA) is 140 Å². The van der Waals surface area contributed by atoms with Crippen molar-refractivity contribution in [3.8, 4) is 5.75 Å². The van der Waals surface area contributed by atoms with Crippen LogP contribution in [0, 0.1) is 0 Å². The molecule has 10 heteroatoms. The number of benzene rings is 2. The minimum Gasteiger partial charge on any atom is -0.480 e. The van der Waals surface area contributed by atoms with E-state index in [9.17, 15) is 29.4 Å². The van der Waals surface area contributed by atoms with Gasteiger partial charge >= 0.3 is 23.9 Å². The van der Waals surface area contributed by atoms with Crippen molar-refractivity contribution in [1.82, 2.24) is 0 Å². The Balaban J connectivity index is 2.05. The first kappa shape index (κ1) is 27.7. The van der Waals surface area contributed by atoms with Crippen LogP contribution in [-0.4, -0.2) is 60.9 Å². The van der Waals surface area contributed by atoms with Gasteiger partial charge in [-0.2, -0.15) is 0 Å². The molecule has 206 valence electrons. The predicted molar refractivity (Wildman–Crippen MR) is 140 cm³/mol. The molecule has 10 nitrogen and oxygen atoms in total. The number of methoxy groups -OCH3 is 2. The first-order chi connectivity index (χ1) is 18.7. The summed E-state index contributed by atoms with van der Waals surface area (Å²) < 4.78 is 16.8. The van der Waals surface area contributed by atoms with Crippen molar-refractivity contribution in [1.29, 1.82) is 0 Å². The summed E-state index contributed by atoms with van der Waals surface area (Å²) in [6, 6.07) is 10.4. The second-order valence-electron chi connectivity index (χ2n) is 9.52. The summed E-state index contributed by atoms with van der Waals surface area (Å²) in [7, 11) is 2.58. The van der Waals surface area contributed by atoms with Gasteiger partial charge in [-0.05, 0) is 61.6 Å². The number of aliphatic carboxylic acids is 1. The molecule has 0 bridgehead atoms. The van der Waals surface area contributed by atoms with Gasteiger partial charge in [0.05, 0.1) is 31.4 Å². The van der Waals surface area contributed by atoms with Gasteiger partial charge in [0.25, 0.3) is 0 Å². The first-order valence-electron chi connectivity index (χ1n) is 12.7. The van der Waals surface area contributed by atoms with E-state index in [1.165, 1.54) is 32.4 Å². The summed E-state index contributed by atoms with van der Waals surface area (Å²) in [6.45, 7) is 1.55. The monoisotopic (exact) mass is 537 g/mol. The lowest BCUT2D eigenvalue weighted by Crippen LogP contribution is -2.51. The summed E-state index contributed by atoms with van der Waals surface area (Å²) in [4.78, 5) is 50.8. The highest BCUT2D eigenvalue weighted by Gasteiger charge is 2.57. The number of carboxylic acids is 2. The van der Waals surface area contributed by atoms with Gasteiger partial charge < -0.3 is 29.3 Å². The van der Waals surface area contributed by atoms with Gasteiger partial charge in [0.15, 0.2) is 5.60 Å². The average molecular weight is 538 g/mol. The van der Waals surface area contributed by atoms with Crippen LogP contribution in [0.3, 0.4) is 0 Å². The van der Waals surface area contributed by atoms with Gasteiger partial charge in [0, 0.05) is 16.8 Å². The fourth-order valence-corrected chi connectivity index (χ4v) is 5.80. The van der Waals surface area contributed by atoms with Gasteiger partial charge in [-0.15, -0.1) is 0 Å². The Labute approximate surface area is 225 Å². The summed E-state index contributed by atoms with van der Waals surface area (Å²) in [5.41, 5.74) is 0.968. The molecule has 2 atom stereocenters. The lowest BCUT2D eigenvalue weighted by atomic mass is 9.78. The largest absolute Gasteiger partial charge is 0.480 e. The van der Waals surface area contributed by atoms with Gasteiger partial charge in [-0.25, -0.2) is 14.4 Å². The van der Waals surface area contributed by atoms with E-state index in [1.54, 1.807) is 29.2 Å². The number of nitrogens with zero attached hydrogens (tertiary/aromatic N) is 1. The fraction of sp³-hybridized carbons (Fsp3) is 0.379. The quantitative estimate of drug-likeness (QED) is 0.424. The van der Waals surface area contributed by atoms with E-state index < -0.39 is 42.1 Å². The highest BCUT2D eigenvalue weighted by molar-refractivity contribution is 5.93. The van der Waals surface area contributed by atoms with Crippen molar-refractivity contribution in [3.05, 3.63) is 70.3 Å². The third-order valence-electron chi connectivity index (χ3n) is 7.30. The van der Waals surface area contributed by atoms with Crippen LogP contribution in [0.5, 0.6) is 5.75 Å². The number of rotatable bonds is 10. The van der Waals surface area contributed by atoms with Gasteiger partial charge in [0.1, 0.15) is 12.3 Å². The van der Waals surface area contributed by atoms with E-state index in [2.05, 4.69) is 0 Å². The smallest absolute Gasteiger partial charge is 0.337 e. The molecular weight excluding hydrogens is 506 g/mol. The molecule has 1 aliphatic carbocycles. The van der Waals surface area contributed by atoms with E-state index in [4.69, 9.17) is 14.2 Å². The van der Waals surface area contributed by atoms with Gasteiger partial charge in [-0.3, -0.25) is 4.79 Å². The van der Waals surface area contributed by atoms with E-state index in [1.807, 2.05) is 6.92 Å². The highest BCUT2D eigenvalue weighted by atomic mass is 16.5. The number of anilines is 1. The number of aromatic carboxylic acids is 1. The van der Waals surface area contributed by atoms with Crippen molar-refractivity contribution in [2.24, 2.45) is 0 Å². The lowest BCUT2D eigenvalue weighted by molar-refractivity contribution is -0.137. The fourth-order valence-electron chi connectivity index (χ4n) is 5.80. The van der Waals surface area contributed by atoms with Crippen LogP contribution in [-0.2, 0) is 24.7 Å². The molecule has 39 heavy (non-hydrogen) atoms. The second kappa shape index (κ2) is 11.2. The molecule has 0 fully saturated rings. The van der Waals surface area contributed by atoms with Crippen LogP contribution in [0.1, 0.15) is 65.3 Å². The van der Waals surface area contributed by atoms with Crippen LogP contribution >= 0.6 is 0 Å². The third kappa shape index (κ3) is 4.94.